The van der Waals surface area contributed by atoms with E-state index in [9.17, 15) is 10.0 Å². The van der Waals surface area contributed by atoms with E-state index in [0.717, 1.165) is 47.9 Å². The van der Waals surface area contributed by atoms with Crippen LogP contribution in [-0.4, -0.2) is 38.4 Å². The predicted octanol–water partition coefficient (Wildman–Crippen LogP) is 4.13. The molecule has 4 N–H and O–H groups in total. The number of oxime groups is 1. The lowest BCUT2D eigenvalue weighted by molar-refractivity contribution is 0.252. The Labute approximate surface area is 168 Å². The number of hydrogen-bond donors (Lipinski definition) is 4. The number of nitrogens with zero attached hydrogens (tertiary/aromatic N) is 3. The van der Waals surface area contributed by atoms with E-state index in [1.54, 1.807) is 12.4 Å². The van der Waals surface area contributed by atoms with Gasteiger partial charge in [0, 0.05) is 36.0 Å². The summed E-state index contributed by atoms with van der Waals surface area (Å²) in [5.74, 6) is 0.551. The van der Waals surface area contributed by atoms with Crippen LogP contribution in [0.25, 0.3) is 22.2 Å². The maximum absolute atomic E-state index is 11.9. The van der Waals surface area contributed by atoms with Crippen LogP contribution < -0.4 is 10.6 Å². The molecule has 0 saturated heterocycles. The largest absolute Gasteiger partial charge is 0.411 e. The van der Waals surface area contributed by atoms with Crippen molar-refractivity contribution in [2.45, 2.75) is 32.6 Å². The quantitative estimate of drug-likeness (QED) is 0.297. The Hall–Kier alpha value is -3.42. The van der Waals surface area contributed by atoms with Gasteiger partial charge in [0.25, 0.3) is 0 Å². The first-order valence-corrected chi connectivity index (χ1v) is 9.91. The molecule has 8 heteroatoms. The van der Waals surface area contributed by atoms with E-state index in [4.69, 9.17) is 0 Å². The third-order valence-electron chi connectivity index (χ3n) is 5.28. The van der Waals surface area contributed by atoms with Gasteiger partial charge in [0.1, 0.15) is 0 Å². The number of carbonyl (C=O) groups excluding carboxylic acids is 1. The number of aromatic amines is 1. The van der Waals surface area contributed by atoms with Gasteiger partial charge in [0.05, 0.1) is 16.7 Å². The first kappa shape index (κ1) is 18.9. The molecule has 1 aliphatic rings. The summed E-state index contributed by atoms with van der Waals surface area (Å²) in [6, 6.07) is 7.47. The lowest BCUT2D eigenvalue weighted by Crippen LogP contribution is -2.28. The summed E-state index contributed by atoms with van der Waals surface area (Å²) in [5, 5.41) is 18.9. The van der Waals surface area contributed by atoms with E-state index in [2.05, 4.69) is 30.7 Å². The molecule has 3 aromatic rings. The first-order chi connectivity index (χ1) is 14.2. The highest BCUT2D eigenvalue weighted by Gasteiger charge is 2.26. The molecular weight excluding hydrogens is 368 g/mol. The minimum Gasteiger partial charge on any atom is -0.411 e. The summed E-state index contributed by atoms with van der Waals surface area (Å²) < 4.78 is 0. The summed E-state index contributed by atoms with van der Waals surface area (Å²) in [7, 11) is 0. The zero-order valence-electron chi connectivity index (χ0n) is 16.3. The summed E-state index contributed by atoms with van der Waals surface area (Å²) in [4.78, 5) is 23.8. The predicted molar refractivity (Wildman–Crippen MR) is 112 cm³/mol. The van der Waals surface area contributed by atoms with Crippen LogP contribution in [0.3, 0.4) is 0 Å². The first-order valence-electron chi connectivity index (χ1n) is 9.91. The Kier molecular flexibility index (Phi) is 5.41. The number of H-pyrrole nitrogens is 1. The van der Waals surface area contributed by atoms with Crippen molar-refractivity contribution in [2.24, 2.45) is 11.1 Å². The highest BCUT2D eigenvalue weighted by Crippen LogP contribution is 2.33. The topological polar surface area (TPSA) is 115 Å². The van der Waals surface area contributed by atoms with Gasteiger partial charge in [-0.25, -0.2) is 9.78 Å². The Bertz CT molecular complexity index is 1040. The number of rotatable bonds is 5. The molecule has 150 valence electrons. The zero-order chi connectivity index (χ0) is 20.2. The van der Waals surface area contributed by atoms with Crippen LogP contribution in [0.5, 0.6) is 0 Å². The van der Waals surface area contributed by atoms with Crippen LogP contribution in [0.1, 0.15) is 38.2 Å². The summed E-state index contributed by atoms with van der Waals surface area (Å²) in [6.07, 6.45) is 7.76. The highest BCUT2D eigenvalue weighted by atomic mass is 16.4. The van der Waals surface area contributed by atoms with Crippen LogP contribution in [0.15, 0.2) is 41.8 Å². The summed E-state index contributed by atoms with van der Waals surface area (Å²) >= 11 is 0. The molecule has 8 nitrogen and oxygen atoms in total. The van der Waals surface area contributed by atoms with E-state index in [1.807, 2.05) is 31.2 Å². The number of amides is 2. The number of aromatic nitrogens is 3. The number of urea groups is 1. The SMILES string of the molecule is CCNC(=O)Nc1nc2cc(-c3cccnc3)cc(/C(=N\O)C3CCCC3)c2[nH]1. The Morgan fingerprint density at radius 3 is 2.83 bits per heavy atom. The maximum Gasteiger partial charge on any atom is 0.321 e. The fraction of sp³-hybridized carbons (Fsp3) is 0.333. The second kappa shape index (κ2) is 8.30. The Balaban J connectivity index is 1.83. The molecule has 2 aromatic heterocycles. The van der Waals surface area contributed by atoms with Crippen molar-refractivity contribution in [3.8, 4) is 11.1 Å². The van der Waals surface area contributed by atoms with Gasteiger partial charge in [0.2, 0.25) is 5.95 Å². The number of benzene rings is 1. The van der Waals surface area contributed by atoms with Crippen molar-refractivity contribution in [3.63, 3.8) is 0 Å². The van der Waals surface area contributed by atoms with Crippen LogP contribution in [-0.2, 0) is 0 Å². The molecule has 0 bridgehead atoms. The van der Waals surface area contributed by atoms with E-state index in [-0.39, 0.29) is 11.9 Å². The highest BCUT2D eigenvalue weighted by molar-refractivity contribution is 6.12. The third-order valence-corrected chi connectivity index (χ3v) is 5.28. The molecule has 2 amide bonds. The Morgan fingerprint density at radius 1 is 1.31 bits per heavy atom. The molecule has 1 aliphatic carbocycles. The second-order valence-electron chi connectivity index (χ2n) is 7.20. The molecule has 1 aromatic carbocycles. The van der Waals surface area contributed by atoms with Gasteiger partial charge in [-0.2, -0.15) is 0 Å². The number of nitrogens with one attached hydrogen (secondary N) is 3. The van der Waals surface area contributed by atoms with E-state index in [0.29, 0.717) is 23.7 Å². The molecule has 0 atom stereocenters. The van der Waals surface area contributed by atoms with Crippen LogP contribution in [0.4, 0.5) is 10.7 Å². The van der Waals surface area contributed by atoms with Gasteiger partial charge < -0.3 is 15.5 Å². The number of imidazole rings is 1. The van der Waals surface area contributed by atoms with Crippen LogP contribution >= 0.6 is 0 Å². The van der Waals surface area contributed by atoms with Gasteiger partial charge in [0.15, 0.2) is 0 Å². The molecule has 0 spiro atoms. The molecule has 4 rings (SSSR count). The minimum absolute atomic E-state index is 0.204. The van der Waals surface area contributed by atoms with Gasteiger partial charge in [-0.3, -0.25) is 10.3 Å². The smallest absolute Gasteiger partial charge is 0.321 e. The number of hydrogen-bond acceptors (Lipinski definition) is 5. The normalized spacial score (nSPS) is 15.0. The van der Waals surface area contributed by atoms with Crippen molar-refractivity contribution >= 4 is 28.7 Å². The molecule has 1 fully saturated rings. The molecule has 2 heterocycles. The third kappa shape index (κ3) is 3.91. The fourth-order valence-electron chi connectivity index (χ4n) is 3.94. The number of anilines is 1. The average Bonchev–Trinajstić information content (AvgIpc) is 3.39. The van der Waals surface area contributed by atoms with Gasteiger partial charge in [-0.05, 0) is 43.5 Å². The lowest BCUT2D eigenvalue weighted by Gasteiger charge is -2.14. The van der Waals surface area contributed by atoms with Crippen LogP contribution in [0, 0.1) is 5.92 Å². The number of pyridine rings is 1. The van der Waals surface area contributed by atoms with Crippen molar-refractivity contribution in [2.75, 3.05) is 11.9 Å². The van der Waals surface area contributed by atoms with Crippen molar-refractivity contribution < 1.29 is 10.0 Å². The second-order valence-corrected chi connectivity index (χ2v) is 7.20. The molecule has 0 radical (unpaired) electrons. The number of fused-ring (bicyclic) bond motifs is 1. The summed E-state index contributed by atoms with van der Waals surface area (Å²) in [5.41, 5.74) is 4.76. The molecule has 0 aliphatic heterocycles. The molecular formula is C21H24N6O2. The van der Waals surface area contributed by atoms with Crippen LogP contribution in [0.2, 0.25) is 0 Å². The monoisotopic (exact) mass is 392 g/mol. The standard InChI is InChI=1S/C21H24N6O2/c1-2-23-21(28)26-20-24-17-11-15(14-8-5-9-22-12-14)10-16(19(17)25-20)18(27-29)13-6-3-4-7-13/h5,8-13,29H,2-4,6-7H2,1H3,(H3,23,24,25,26,28)/b27-18-. The van der Waals surface area contributed by atoms with Crippen molar-refractivity contribution in [1.29, 1.82) is 0 Å². The molecule has 29 heavy (non-hydrogen) atoms. The summed E-state index contributed by atoms with van der Waals surface area (Å²) in [6.45, 7) is 2.37. The van der Waals surface area contributed by atoms with E-state index < -0.39 is 0 Å². The van der Waals surface area contributed by atoms with Gasteiger partial charge in [-0.1, -0.05) is 24.1 Å². The molecule has 0 unspecified atom stereocenters. The van der Waals surface area contributed by atoms with Crippen molar-refractivity contribution in [1.82, 2.24) is 20.3 Å². The van der Waals surface area contributed by atoms with E-state index in [1.165, 1.54) is 0 Å². The molecule has 1 saturated carbocycles. The Morgan fingerprint density at radius 2 is 2.14 bits per heavy atom. The van der Waals surface area contributed by atoms with Crippen molar-refractivity contribution in [3.05, 3.63) is 42.2 Å². The zero-order valence-corrected chi connectivity index (χ0v) is 16.3. The van der Waals surface area contributed by atoms with Gasteiger partial charge in [-0.15, -0.1) is 0 Å². The van der Waals surface area contributed by atoms with Gasteiger partial charge >= 0.3 is 6.03 Å². The maximum atomic E-state index is 11.9. The average molecular weight is 392 g/mol. The fourth-order valence-corrected chi connectivity index (χ4v) is 3.94. The number of carbonyl (C=O) groups is 1. The van der Waals surface area contributed by atoms with E-state index >= 15 is 0 Å². The minimum atomic E-state index is -0.326. The lowest BCUT2D eigenvalue weighted by atomic mass is 9.92.